The summed E-state index contributed by atoms with van der Waals surface area (Å²) >= 11 is 1.51. The van der Waals surface area contributed by atoms with Crippen LogP contribution in [0.3, 0.4) is 0 Å². The maximum absolute atomic E-state index is 13.2. The molecule has 2 rings (SSSR count). The van der Waals surface area contributed by atoms with Crippen molar-refractivity contribution in [3.05, 3.63) is 29.8 Å². The molecule has 0 saturated carbocycles. The monoisotopic (exact) mass is 523 g/mol. The molecule has 0 aromatic heterocycles. The molecule has 12 nitrogen and oxygen atoms in total. The Bertz CT molecular complexity index is 959. The van der Waals surface area contributed by atoms with Gasteiger partial charge in [0.1, 0.15) is 23.9 Å². The predicted molar refractivity (Wildman–Crippen MR) is 133 cm³/mol. The second-order valence-electron chi connectivity index (χ2n) is 8.58. The van der Waals surface area contributed by atoms with Gasteiger partial charge in [-0.3, -0.25) is 19.2 Å². The van der Waals surface area contributed by atoms with Crippen LogP contribution in [0.5, 0.6) is 5.75 Å². The molecule has 4 amide bonds. The van der Waals surface area contributed by atoms with Crippen LogP contribution in [-0.2, 0) is 30.4 Å². The van der Waals surface area contributed by atoms with E-state index in [0.717, 1.165) is 0 Å². The second-order valence-corrected chi connectivity index (χ2v) is 9.56. The summed E-state index contributed by atoms with van der Waals surface area (Å²) in [6.45, 7) is 0.191. The number of rotatable bonds is 13. The molecule has 8 N–H and O–H groups in total. The number of phenols is 1. The van der Waals surface area contributed by atoms with Gasteiger partial charge in [-0.25, -0.2) is 4.79 Å². The number of nitrogens with zero attached hydrogens (tertiary/aromatic N) is 1. The van der Waals surface area contributed by atoms with E-state index in [1.165, 1.54) is 28.8 Å². The molecule has 1 aliphatic heterocycles. The van der Waals surface area contributed by atoms with Gasteiger partial charge in [0.05, 0.1) is 12.5 Å². The topological polar surface area (TPSA) is 205 Å². The lowest BCUT2D eigenvalue weighted by molar-refractivity contribution is -0.145. The van der Waals surface area contributed by atoms with Gasteiger partial charge in [-0.2, -0.15) is 11.8 Å². The summed E-state index contributed by atoms with van der Waals surface area (Å²) in [6, 6.07) is 1.49. The van der Waals surface area contributed by atoms with Crippen molar-refractivity contribution < 1.29 is 34.2 Å². The lowest BCUT2D eigenvalue weighted by Crippen LogP contribution is -2.57. The van der Waals surface area contributed by atoms with Crippen molar-refractivity contribution in [1.82, 2.24) is 15.5 Å². The van der Waals surface area contributed by atoms with Crippen LogP contribution in [0.4, 0.5) is 0 Å². The Labute approximate surface area is 213 Å². The molecule has 0 spiro atoms. The van der Waals surface area contributed by atoms with Crippen LogP contribution >= 0.6 is 11.8 Å². The minimum Gasteiger partial charge on any atom is -0.508 e. The molecule has 0 aliphatic carbocycles. The average molecular weight is 524 g/mol. The third-order valence-electron chi connectivity index (χ3n) is 5.82. The number of carboxylic acid groups (broad SMARTS) is 1. The largest absolute Gasteiger partial charge is 0.508 e. The highest BCUT2D eigenvalue weighted by Crippen LogP contribution is 2.20. The van der Waals surface area contributed by atoms with Crippen molar-refractivity contribution in [3.63, 3.8) is 0 Å². The van der Waals surface area contributed by atoms with Gasteiger partial charge in [-0.05, 0) is 49.0 Å². The highest BCUT2D eigenvalue weighted by Gasteiger charge is 2.39. The molecule has 1 saturated heterocycles. The summed E-state index contributed by atoms with van der Waals surface area (Å²) in [6.07, 6.45) is 2.50. The highest BCUT2D eigenvalue weighted by molar-refractivity contribution is 7.98. The number of carbonyl (C=O) groups excluding carboxylic acids is 4. The number of carboxylic acids is 1. The number of nitrogens with one attached hydrogen (secondary N) is 2. The Morgan fingerprint density at radius 3 is 2.39 bits per heavy atom. The lowest BCUT2D eigenvalue weighted by atomic mass is 10.0. The highest BCUT2D eigenvalue weighted by atomic mass is 32.2. The molecule has 1 heterocycles. The van der Waals surface area contributed by atoms with E-state index in [2.05, 4.69) is 10.6 Å². The maximum atomic E-state index is 13.2. The number of aliphatic carboxylic acids is 1. The molecule has 1 aromatic rings. The number of hydrogen-bond acceptors (Lipinski definition) is 8. The standard InChI is InChI=1S/C23H33N5O7S/c1-36-10-8-15(24)20(31)26-16(12-19(25)30)22(33)28-9-2-3-18(28)21(32)27-17(23(34)35)11-13-4-6-14(29)7-5-13/h4-7,15-18,29H,2-3,8-12,24H2,1H3,(H2,25,30)(H,26,31)(H,27,32)(H,34,35). The van der Waals surface area contributed by atoms with Crippen LogP contribution in [0, 0.1) is 0 Å². The minimum absolute atomic E-state index is 0.0255. The van der Waals surface area contributed by atoms with Crippen molar-refractivity contribution in [2.45, 2.75) is 56.3 Å². The van der Waals surface area contributed by atoms with Crippen LogP contribution in [0.15, 0.2) is 24.3 Å². The molecule has 13 heteroatoms. The number of aromatic hydroxyl groups is 1. The van der Waals surface area contributed by atoms with Gasteiger partial charge in [0.15, 0.2) is 0 Å². The Balaban J connectivity index is 2.11. The maximum Gasteiger partial charge on any atom is 0.326 e. The Morgan fingerprint density at radius 1 is 1.14 bits per heavy atom. The Hall–Kier alpha value is -3.32. The number of thioether (sulfide) groups is 1. The quantitative estimate of drug-likeness (QED) is 0.186. The number of carbonyl (C=O) groups is 5. The first-order chi connectivity index (χ1) is 17.0. The minimum atomic E-state index is -1.30. The summed E-state index contributed by atoms with van der Waals surface area (Å²) in [4.78, 5) is 63.3. The molecule has 36 heavy (non-hydrogen) atoms. The summed E-state index contributed by atoms with van der Waals surface area (Å²) < 4.78 is 0. The third kappa shape index (κ3) is 8.41. The molecular weight excluding hydrogens is 490 g/mol. The van der Waals surface area contributed by atoms with Crippen molar-refractivity contribution >= 4 is 41.4 Å². The van der Waals surface area contributed by atoms with Gasteiger partial charge in [0, 0.05) is 13.0 Å². The zero-order valence-corrected chi connectivity index (χ0v) is 20.8. The number of benzene rings is 1. The van der Waals surface area contributed by atoms with E-state index in [4.69, 9.17) is 11.5 Å². The number of likely N-dealkylation sites (tertiary alicyclic amines) is 1. The lowest BCUT2D eigenvalue weighted by Gasteiger charge is -2.29. The van der Waals surface area contributed by atoms with Gasteiger partial charge in [-0.1, -0.05) is 12.1 Å². The normalized spacial score (nSPS) is 17.6. The third-order valence-corrected chi connectivity index (χ3v) is 6.46. The first-order valence-electron chi connectivity index (χ1n) is 11.5. The van der Waals surface area contributed by atoms with E-state index in [1.807, 2.05) is 6.26 Å². The first-order valence-corrected chi connectivity index (χ1v) is 12.9. The van der Waals surface area contributed by atoms with Crippen LogP contribution in [-0.4, -0.2) is 87.4 Å². The molecule has 1 aromatic carbocycles. The van der Waals surface area contributed by atoms with Crippen molar-refractivity contribution in [3.8, 4) is 5.75 Å². The van der Waals surface area contributed by atoms with Gasteiger partial charge >= 0.3 is 5.97 Å². The van der Waals surface area contributed by atoms with Crippen molar-refractivity contribution in [1.29, 1.82) is 0 Å². The first kappa shape index (κ1) is 28.9. The van der Waals surface area contributed by atoms with E-state index in [9.17, 15) is 34.2 Å². The molecule has 1 fully saturated rings. The Morgan fingerprint density at radius 2 is 1.81 bits per heavy atom. The molecule has 4 atom stereocenters. The number of amides is 4. The van der Waals surface area contributed by atoms with Crippen molar-refractivity contribution in [2.75, 3.05) is 18.6 Å². The number of phenolic OH excluding ortho intramolecular Hbond substituents is 1. The number of hydrogen-bond donors (Lipinski definition) is 6. The molecule has 1 aliphatic rings. The van der Waals surface area contributed by atoms with Crippen molar-refractivity contribution in [2.24, 2.45) is 11.5 Å². The van der Waals surface area contributed by atoms with Gasteiger partial charge in [0.25, 0.3) is 0 Å². The fourth-order valence-corrected chi connectivity index (χ4v) is 4.38. The van der Waals surface area contributed by atoms with Crippen LogP contribution < -0.4 is 22.1 Å². The van der Waals surface area contributed by atoms with E-state index in [1.54, 1.807) is 12.1 Å². The van der Waals surface area contributed by atoms with E-state index >= 15 is 0 Å². The molecule has 0 bridgehead atoms. The fourth-order valence-electron chi connectivity index (χ4n) is 3.89. The average Bonchev–Trinajstić information content (AvgIpc) is 3.32. The summed E-state index contributed by atoms with van der Waals surface area (Å²) in [5.74, 6) is -3.35. The zero-order valence-electron chi connectivity index (χ0n) is 20.0. The van der Waals surface area contributed by atoms with E-state index in [0.29, 0.717) is 24.2 Å². The summed E-state index contributed by atoms with van der Waals surface area (Å²) in [5, 5.41) is 24.0. The summed E-state index contributed by atoms with van der Waals surface area (Å²) in [5.41, 5.74) is 11.7. The van der Waals surface area contributed by atoms with Crippen LogP contribution in [0.1, 0.15) is 31.2 Å². The molecule has 4 unspecified atom stereocenters. The van der Waals surface area contributed by atoms with Crippen LogP contribution in [0.25, 0.3) is 0 Å². The smallest absolute Gasteiger partial charge is 0.326 e. The fraction of sp³-hybridized carbons (Fsp3) is 0.522. The van der Waals surface area contributed by atoms with Gasteiger partial charge < -0.3 is 37.2 Å². The SMILES string of the molecule is CSCCC(N)C(=O)NC(CC(N)=O)C(=O)N1CCCC1C(=O)NC(Cc1ccc(O)cc1)C(=O)O. The molecule has 198 valence electrons. The number of primary amides is 1. The second kappa shape index (κ2) is 13.7. The Kier molecular flexibility index (Phi) is 11.0. The molecular formula is C23H33N5O7S. The van der Waals surface area contributed by atoms with E-state index in [-0.39, 0.29) is 25.1 Å². The molecule has 0 radical (unpaired) electrons. The summed E-state index contributed by atoms with van der Waals surface area (Å²) in [7, 11) is 0. The van der Waals surface area contributed by atoms with Gasteiger partial charge in [0.2, 0.25) is 23.6 Å². The van der Waals surface area contributed by atoms with Gasteiger partial charge in [-0.15, -0.1) is 0 Å². The number of nitrogens with two attached hydrogens (primary N) is 2. The predicted octanol–water partition coefficient (Wildman–Crippen LogP) is -1.06. The van der Waals surface area contributed by atoms with Crippen LogP contribution in [0.2, 0.25) is 0 Å². The zero-order chi connectivity index (χ0) is 26.8. The van der Waals surface area contributed by atoms with E-state index < -0.39 is 60.2 Å².